The number of benzene rings is 1. The van der Waals surface area contributed by atoms with Crippen molar-refractivity contribution in [1.82, 2.24) is 5.32 Å². The summed E-state index contributed by atoms with van der Waals surface area (Å²) in [6.07, 6.45) is 0. The van der Waals surface area contributed by atoms with Crippen LogP contribution in [0.4, 0.5) is 5.69 Å². The first-order valence-electron chi connectivity index (χ1n) is 6.93. The molecule has 1 amide bonds. The van der Waals surface area contributed by atoms with Gasteiger partial charge in [0.25, 0.3) is 0 Å². The van der Waals surface area contributed by atoms with Gasteiger partial charge in [0.1, 0.15) is 6.04 Å². The van der Waals surface area contributed by atoms with E-state index in [9.17, 15) is 9.59 Å². The molecule has 1 atom stereocenters. The number of esters is 1. The number of amides is 1. The summed E-state index contributed by atoms with van der Waals surface area (Å²) < 4.78 is 4.67. The molecule has 21 heavy (non-hydrogen) atoms. The van der Waals surface area contributed by atoms with E-state index < -0.39 is 12.0 Å². The van der Waals surface area contributed by atoms with E-state index in [1.165, 1.54) is 19.6 Å². The number of ether oxygens (including phenoxy) is 1. The molecule has 0 radical (unpaired) electrons. The lowest BCUT2D eigenvalue weighted by molar-refractivity contribution is -0.144. The van der Waals surface area contributed by atoms with Crippen molar-refractivity contribution in [2.24, 2.45) is 0 Å². The second-order valence-electron chi connectivity index (χ2n) is 5.98. The van der Waals surface area contributed by atoms with Gasteiger partial charge in [-0.15, -0.1) is 0 Å². The van der Waals surface area contributed by atoms with Gasteiger partial charge in [0.15, 0.2) is 0 Å². The number of hydrogen-bond donors (Lipinski definition) is 2. The Morgan fingerprint density at radius 2 is 1.76 bits per heavy atom. The maximum atomic E-state index is 11.6. The maximum Gasteiger partial charge on any atom is 0.330 e. The van der Waals surface area contributed by atoms with Crippen molar-refractivity contribution < 1.29 is 14.3 Å². The maximum absolute atomic E-state index is 11.6. The molecular formula is C16H24N2O3. The topological polar surface area (TPSA) is 67.4 Å². The predicted octanol–water partition coefficient (Wildman–Crippen LogP) is 2.07. The fourth-order valence-electron chi connectivity index (χ4n) is 1.89. The summed E-state index contributed by atoms with van der Waals surface area (Å²) in [4.78, 5) is 22.7. The fraction of sp³-hybridized carbons (Fsp3) is 0.500. The van der Waals surface area contributed by atoms with Crippen LogP contribution in [0.5, 0.6) is 0 Å². The predicted molar refractivity (Wildman–Crippen MR) is 83.3 cm³/mol. The zero-order valence-corrected chi connectivity index (χ0v) is 13.3. The molecule has 0 aliphatic heterocycles. The van der Waals surface area contributed by atoms with Gasteiger partial charge in [-0.05, 0) is 23.1 Å². The molecule has 0 aliphatic rings. The van der Waals surface area contributed by atoms with Crippen LogP contribution in [0.1, 0.15) is 33.3 Å². The van der Waals surface area contributed by atoms with Crippen molar-refractivity contribution in [3.05, 3.63) is 29.8 Å². The normalized spacial score (nSPS) is 12.4. The Morgan fingerprint density at radius 3 is 2.19 bits per heavy atom. The van der Waals surface area contributed by atoms with Gasteiger partial charge in [-0.25, -0.2) is 4.79 Å². The number of nitrogens with one attached hydrogen (secondary N) is 2. The lowest BCUT2D eigenvalue weighted by atomic mass is 9.87. The molecule has 5 nitrogen and oxygen atoms in total. The number of hydrogen-bond acceptors (Lipinski definition) is 4. The SMILES string of the molecule is COC(=O)C(CNc1ccc(C(C)(C)C)cc1)NC(C)=O. The molecule has 1 rings (SSSR count). The molecule has 0 aliphatic carbocycles. The van der Waals surface area contributed by atoms with Gasteiger partial charge in [-0.2, -0.15) is 0 Å². The van der Waals surface area contributed by atoms with Crippen molar-refractivity contribution in [2.45, 2.75) is 39.2 Å². The minimum atomic E-state index is -0.699. The Hall–Kier alpha value is -2.04. The molecule has 0 saturated heterocycles. The van der Waals surface area contributed by atoms with E-state index in [1.807, 2.05) is 24.3 Å². The average molecular weight is 292 g/mol. The first kappa shape index (κ1) is 17.0. The third-order valence-electron chi connectivity index (χ3n) is 3.12. The molecule has 1 aromatic rings. The average Bonchev–Trinajstić information content (AvgIpc) is 2.41. The molecule has 116 valence electrons. The molecular weight excluding hydrogens is 268 g/mol. The first-order valence-corrected chi connectivity index (χ1v) is 6.93. The minimum absolute atomic E-state index is 0.100. The molecule has 1 unspecified atom stereocenters. The van der Waals surface area contributed by atoms with Gasteiger partial charge in [0.05, 0.1) is 7.11 Å². The van der Waals surface area contributed by atoms with Crippen molar-refractivity contribution >= 4 is 17.6 Å². The van der Waals surface area contributed by atoms with Crippen molar-refractivity contribution in [3.8, 4) is 0 Å². The van der Waals surface area contributed by atoms with E-state index in [4.69, 9.17) is 0 Å². The van der Waals surface area contributed by atoms with E-state index >= 15 is 0 Å². The van der Waals surface area contributed by atoms with Crippen LogP contribution in [-0.2, 0) is 19.7 Å². The van der Waals surface area contributed by atoms with Crippen LogP contribution >= 0.6 is 0 Å². The van der Waals surface area contributed by atoms with Crippen LogP contribution in [0.2, 0.25) is 0 Å². The summed E-state index contributed by atoms with van der Waals surface area (Å²) in [5, 5.41) is 5.69. The van der Waals surface area contributed by atoms with Crippen LogP contribution in [0.25, 0.3) is 0 Å². The van der Waals surface area contributed by atoms with Crippen molar-refractivity contribution in [1.29, 1.82) is 0 Å². The van der Waals surface area contributed by atoms with Crippen LogP contribution in [0, 0.1) is 0 Å². The van der Waals surface area contributed by atoms with E-state index in [-0.39, 0.29) is 17.9 Å². The Morgan fingerprint density at radius 1 is 1.19 bits per heavy atom. The summed E-state index contributed by atoms with van der Waals surface area (Å²) in [6, 6.07) is 7.32. The summed E-state index contributed by atoms with van der Waals surface area (Å²) in [6.45, 7) is 8.10. The first-order chi connectivity index (χ1) is 9.74. The molecule has 0 saturated carbocycles. The lowest BCUT2D eigenvalue weighted by Gasteiger charge is -2.20. The monoisotopic (exact) mass is 292 g/mol. The number of methoxy groups -OCH3 is 1. The Balaban J connectivity index is 2.67. The van der Waals surface area contributed by atoms with Gasteiger partial charge in [0, 0.05) is 19.2 Å². The van der Waals surface area contributed by atoms with Crippen LogP contribution in [0.3, 0.4) is 0 Å². The van der Waals surface area contributed by atoms with Crippen LogP contribution < -0.4 is 10.6 Å². The molecule has 1 aromatic carbocycles. The summed E-state index contributed by atoms with van der Waals surface area (Å²) in [5.41, 5.74) is 2.23. The second kappa shape index (κ2) is 7.11. The Labute approximate surface area is 126 Å². The number of carbonyl (C=O) groups is 2. The highest BCUT2D eigenvalue weighted by molar-refractivity contribution is 5.83. The van der Waals surface area contributed by atoms with Gasteiger partial charge in [-0.3, -0.25) is 4.79 Å². The van der Waals surface area contributed by atoms with Crippen molar-refractivity contribution in [2.75, 3.05) is 19.0 Å². The largest absolute Gasteiger partial charge is 0.467 e. The molecule has 2 N–H and O–H groups in total. The molecule has 5 heteroatoms. The second-order valence-corrected chi connectivity index (χ2v) is 5.98. The quantitative estimate of drug-likeness (QED) is 0.815. The Kier molecular flexibility index (Phi) is 5.76. The lowest BCUT2D eigenvalue weighted by Crippen LogP contribution is -2.45. The summed E-state index contributed by atoms with van der Waals surface area (Å²) in [7, 11) is 1.30. The molecule has 0 aromatic heterocycles. The zero-order valence-electron chi connectivity index (χ0n) is 13.3. The van der Waals surface area contributed by atoms with Crippen molar-refractivity contribution in [3.63, 3.8) is 0 Å². The van der Waals surface area contributed by atoms with Crippen LogP contribution in [0.15, 0.2) is 24.3 Å². The number of carbonyl (C=O) groups excluding carboxylic acids is 2. The van der Waals surface area contributed by atoms with Gasteiger partial charge in [0.2, 0.25) is 5.91 Å². The summed E-state index contributed by atoms with van der Waals surface area (Å²) >= 11 is 0. The molecule has 0 heterocycles. The Bertz CT molecular complexity index is 489. The smallest absolute Gasteiger partial charge is 0.330 e. The minimum Gasteiger partial charge on any atom is -0.467 e. The fourth-order valence-corrected chi connectivity index (χ4v) is 1.89. The van der Waals surface area contributed by atoms with E-state index in [1.54, 1.807) is 0 Å². The van der Waals surface area contributed by atoms with E-state index in [0.717, 1.165) is 5.69 Å². The highest BCUT2D eigenvalue weighted by Crippen LogP contribution is 2.23. The third kappa shape index (κ3) is 5.45. The van der Waals surface area contributed by atoms with Gasteiger partial charge < -0.3 is 15.4 Å². The number of anilines is 1. The summed E-state index contributed by atoms with van der Waals surface area (Å²) in [5.74, 6) is -0.737. The highest BCUT2D eigenvalue weighted by Gasteiger charge is 2.19. The molecule has 0 spiro atoms. The van der Waals surface area contributed by atoms with E-state index in [0.29, 0.717) is 0 Å². The zero-order chi connectivity index (χ0) is 16.0. The number of rotatable bonds is 5. The van der Waals surface area contributed by atoms with Crippen LogP contribution in [-0.4, -0.2) is 31.6 Å². The van der Waals surface area contributed by atoms with E-state index in [2.05, 4.69) is 36.1 Å². The highest BCUT2D eigenvalue weighted by atomic mass is 16.5. The standard InChI is InChI=1S/C16H24N2O3/c1-11(19)18-14(15(20)21-5)10-17-13-8-6-12(7-9-13)16(2,3)4/h6-9,14,17H,10H2,1-5H3,(H,18,19). The van der Waals surface area contributed by atoms with Gasteiger partial charge in [-0.1, -0.05) is 32.9 Å². The third-order valence-corrected chi connectivity index (χ3v) is 3.12. The molecule has 0 bridgehead atoms. The van der Waals surface area contributed by atoms with Gasteiger partial charge >= 0.3 is 5.97 Å². The molecule has 0 fully saturated rings.